The number of hydrogen-bond donors (Lipinski definition) is 1. The third-order valence-electron chi connectivity index (χ3n) is 4.40. The molecule has 1 amide bonds. The minimum absolute atomic E-state index is 0.275. The zero-order valence-corrected chi connectivity index (χ0v) is 15.7. The second-order valence-corrected chi connectivity index (χ2v) is 6.21. The monoisotopic (exact) mass is 380 g/mol. The number of halogens is 1. The summed E-state index contributed by atoms with van der Waals surface area (Å²) in [5.74, 6) is -0.811. The Morgan fingerprint density at radius 3 is 2.50 bits per heavy atom. The molecule has 1 heterocycles. The molecule has 0 atom stereocenters. The molecule has 0 fully saturated rings. The Labute approximate surface area is 162 Å². The summed E-state index contributed by atoms with van der Waals surface area (Å²) >= 11 is 0. The van der Waals surface area contributed by atoms with Gasteiger partial charge in [-0.1, -0.05) is 0 Å². The van der Waals surface area contributed by atoms with Crippen molar-refractivity contribution >= 4 is 34.3 Å². The number of nitrogens with zero attached hydrogens (tertiary/aromatic N) is 1. The van der Waals surface area contributed by atoms with Crippen molar-refractivity contribution < 1.29 is 13.6 Å². The van der Waals surface area contributed by atoms with Gasteiger partial charge in [0, 0.05) is 42.0 Å². The maximum Gasteiger partial charge on any atom is 0.343 e. The average Bonchev–Trinajstić information content (AvgIpc) is 2.69. The van der Waals surface area contributed by atoms with Crippen LogP contribution in [0.15, 0.2) is 63.8 Å². The van der Waals surface area contributed by atoms with Crippen molar-refractivity contribution in [3.8, 4) is 0 Å². The van der Waals surface area contributed by atoms with Crippen LogP contribution in [0.1, 0.15) is 19.4 Å². The van der Waals surface area contributed by atoms with E-state index in [9.17, 15) is 14.0 Å². The summed E-state index contributed by atoms with van der Waals surface area (Å²) in [4.78, 5) is 26.4. The van der Waals surface area contributed by atoms with E-state index >= 15 is 0 Å². The van der Waals surface area contributed by atoms with Gasteiger partial charge in [-0.2, -0.15) is 0 Å². The summed E-state index contributed by atoms with van der Waals surface area (Å²) in [5.41, 5.74) is 1.71. The van der Waals surface area contributed by atoms with Crippen molar-refractivity contribution in [2.45, 2.75) is 13.8 Å². The number of nitrogens with one attached hydrogen (secondary N) is 1. The van der Waals surface area contributed by atoms with Crippen molar-refractivity contribution in [2.75, 3.05) is 23.3 Å². The van der Waals surface area contributed by atoms with Crippen LogP contribution >= 0.6 is 0 Å². The molecule has 0 saturated carbocycles. The minimum atomic E-state index is -0.518. The largest absolute Gasteiger partial charge is 0.422 e. The molecule has 3 rings (SSSR count). The Bertz CT molecular complexity index is 1070. The molecule has 0 aliphatic rings. The Hall–Kier alpha value is -3.41. The summed E-state index contributed by atoms with van der Waals surface area (Å²) in [5, 5.41) is 3.37. The molecule has 5 nitrogen and oxygen atoms in total. The molecular weight excluding hydrogens is 359 g/mol. The normalized spacial score (nSPS) is 11.1. The van der Waals surface area contributed by atoms with Gasteiger partial charge in [0.2, 0.25) is 5.91 Å². The van der Waals surface area contributed by atoms with E-state index in [-0.39, 0.29) is 11.4 Å². The highest BCUT2D eigenvalue weighted by Gasteiger charge is 2.08. The molecule has 0 spiro atoms. The van der Waals surface area contributed by atoms with E-state index in [1.807, 2.05) is 18.2 Å². The van der Waals surface area contributed by atoms with E-state index in [4.69, 9.17) is 4.42 Å². The highest BCUT2D eigenvalue weighted by atomic mass is 19.1. The molecule has 1 aromatic heterocycles. The SMILES string of the molecule is CCN(CC)c1ccc2cc(/C=C/C(=O)Nc3ccc(F)cc3)c(=O)oc2c1. The predicted molar refractivity (Wildman–Crippen MR) is 110 cm³/mol. The van der Waals surface area contributed by atoms with Crippen LogP contribution in [0.4, 0.5) is 15.8 Å². The van der Waals surface area contributed by atoms with E-state index in [0.29, 0.717) is 11.3 Å². The average molecular weight is 380 g/mol. The first-order chi connectivity index (χ1) is 13.5. The maximum absolute atomic E-state index is 12.9. The highest BCUT2D eigenvalue weighted by molar-refractivity contribution is 6.02. The first-order valence-corrected chi connectivity index (χ1v) is 9.07. The number of fused-ring (bicyclic) bond motifs is 1. The molecule has 2 aromatic carbocycles. The Kier molecular flexibility index (Phi) is 5.89. The van der Waals surface area contributed by atoms with Gasteiger partial charge in [0.05, 0.1) is 5.56 Å². The van der Waals surface area contributed by atoms with Crippen LogP contribution in [0.3, 0.4) is 0 Å². The lowest BCUT2D eigenvalue weighted by atomic mass is 10.1. The molecule has 1 N–H and O–H groups in total. The van der Waals surface area contributed by atoms with Crippen molar-refractivity contribution in [1.82, 2.24) is 0 Å². The van der Waals surface area contributed by atoms with Gasteiger partial charge in [0.15, 0.2) is 0 Å². The standard InChI is InChI=1S/C22H21FN2O3/c1-3-25(4-2)19-11-5-15-13-16(22(27)28-20(15)14-19)6-12-21(26)24-18-9-7-17(23)8-10-18/h5-14H,3-4H2,1-2H3,(H,24,26)/b12-6+. The molecule has 0 aliphatic carbocycles. The van der Waals surface area contributed by atoms with Gasteiger partial charge in [0.25, 0.3) is 0 Å². The molecule has 0 aliphatic heterocycles. The van der Waals surface area contributed by atoms with Crippen LogP contribution < -0.4 is 15.8 Å². The zero-order chi connectivity index (χ0) is 20.1. The summed E-state index contributed by atoms with van der Waals surface area (Å²) in [6.07, 6.45) is 2.65. The third kappa shape index (κ3) is 4.46. The van der Waals surface area contributed by atoms with Gasteiger partial charge in [0.1, 0.15) is 11.4 Å². The van der Waals surface area contributed by atoms with E-state index < -0.39 is 11.5 Å². The molecule has 0 bridgehead atoms. The van der Waals surface area contributed by atoms with Crippen molar-refractivity contribution in [2.24, 2.45) is 0 Å². The van der Waals surface area contributed by atoms with Gasteiger partial charge >= 0.3 is 5.63 Å². The molecular formula is C22H21FN2O3. The lowest BCUT2D eigenvalue weighted by Crippen LogP contribution is -2.21. The van der Waals surface area contributed by atoms with Gasteiger partial charge in [-0.25, -0.2) is 9.18 Å². The molecule has 0 radical (unpaired) electrons. The first kappa shape index (κ1) is 19.4. The fraction of sp³-hybridized carbons (Fsp3) is 0.182. The summed E-state index contributed by atoms with van der Waals surface area (Å²) < 4.78 is 18.3. The van der Waals surface area contributed by atoms with Gasteiger partial charge in [-0.3, -0.25) is 4.79 Å². The number of anilines is 2. The molecule has 144 valence electrons. The van der Waals surface area contributed by atoms with E-state index in [0.717, 1.165) is 24.2 Å². The number of rotatable bonds is 6. The summed E-state index contributed by atoms with van der Waals surface area (Å²) in [6, 6.07) is 12.8. The van der Waals surface area contributed by atoms with Crippen molar-refractivity contribution in [3.63, 3.8) is 0 Å². The fourth-order valence-corrected chi connectivity index (χ4v) is 2.90. The smallest absolute Gasteiger partial charge is 0.343 e. The topological polar surface area (TPSA) is 62.6 Å². The maximum atomic E-state index is 12.9. The Balaban J connectivity index is 1.80. The minimum Gasteiger partial charge on any atom is -0.422 e. The lowest BCUT2D eigenvalue weighted by molar-refractivity contribution is -0.111. The van der Waals surface area contributed by atoms with Gasteiger partial charge in [-0.15, -0.1) is 0 Å². The van der Waals surface area contributed by atoms with Crippen LogP contribution in [0, 0.1) is 5.82 Å². The molecule has 6 heteroatoms. The first-order valence-electron chi connectivity index (χ1n) is 9.07. The fourth-order valence-electron chi connectivity index (χ4n) is 2.90. The van der Waals surface area contributed by atoms with Gasteiger partial charge < -0.3 is 14.6 Å². The second kappa shape index (κ2) is 8.52. The summed E-state index contributed by atoms with van der Waals surface area (Å²) in [7, 11) is 0. The van der Waals surface area contributed by atoms with Crippen LogP contribution in [-0.4, -0.2) is 19.0 Å². The van der Waals surface area contributed by atoms with Crippen LogP contribution in [0.5, 0.6) is 0 Å². The predicted octanol–water partition coefficient (Wildman–Crippen LogP) is 4.43. The molecule has 0 unspecified atom stereocenters. The highest BCUT2D eigenvalue weighted by Crippen LogP contribution is 2.22. The quantitative estimate of drug-likeness (QED) is 0.508. The van der Waals surface area contributed by atoms with Crippen LogP contribution in [0.2, 0.25) is 0 Å². The van der Waals surface area contributed by atoms with Crippen molar-refractivity contribution in [3.05, 3.63) is 76.4 Å². The van der Waals surface area contributed by atoms with E-state index in [1.165, 1.54) is 36.4 Å². The Morgan fingerprint density at radius 1 is 1.11 bits per heavy atom. The second-order valence-electron chi connectivity index (χ2n) is 6.21. The number of hydrogen-bond acceptors (Lipinski definition) is 4. The third-order valence-corrected chi connectivity index (χ3v) is 4.40. The van der Waals surface area contributed by atoms with E-state index in [2.05, 4.69) is 24.1 Å². The van der Waals surface area contributed by atoms with Crippen LogP contribution in [0.25, 0.3) is 17.0 Å². The number of carbonyl (C=O) groups is 1. The molecule has 0 saturated heterocycles. The van der Waals surface area contributed by atoms with E-state index in [1.54, 1.807) is 6.07 Å². The summed E-state index contributed by atoms with van der Waals surface area (Å²) in [6.45, 7) is 5.84. The number of carbonyl (C=O) groups excluding carboxylic acids is 1. The Morgan fingerprint density at radius 2 is 1.82 bits per heavy atom. The number of benzene rings is 2. The van der Waals surface area contributed by atoms with Crippen LogP contribution in [-0.2, 0) is 4.79 Å². The number of amides is 1. The molecule has 28 heavy (non-hydrogen) atoms. The molecule has 3 aromatic rings. The van der Waals surface area contributed by atoms with Gasteiger partial charge in [-0.05, 0) is 62.4 Å². The lowest BCUT2D eigenvalue weighted by Gasteiger charge is -2.20. The van der Waals surface area contributed by atoms with Crippen molar-refractivity contribution in [1.29, 1.82) is 0 Å². The zero-order valence-electron chi connectivity index (χ0n) is 15.7.